The second-order valence-electron chi connectivity index (χ2n) is 6.13. The first-order chi connectivity index (χ1) is 13.1. The van der Waals surface area contributed by atoms with E-state index in [1.807, 2.05) is 18.2 Å². The Balaban J connectivity index is 1.99. The van der Waals surface area contributed by atoms with Gasteiger partial charge in [-0.25, -0.2) is 9.97 Å². The molecule has 0 bridgehead atoms. The number of nitrogens with zero attached hydrogens (tertiary/aromatic N) is 3. The molecular formula is C20H28N4O3. The molecule has 146 valence electrons. The number of carbonyl (C=O) groups is 1. The number of ether oxygens (including phenoxy) is 2. The molecule has 0 saturated heterocycles. The van der Waals surface area contributed by atoms with E-state index in [9.17, 15) is 4.79 Å². The van der Waals surface area contributed by atoms with Crippen molar-refractivity contribution in [2.75, 3.05) is 32.2 Å². The summed E-state index contributed by atoms with van der Waals surface area (Å²) in [6.07, 6.45) is 5.20. The molecule has 0 radical (unpaired) electrons. The summed E-state index contributed by atoms with van der Waals surface area (Å²) in [6.45, 7) is 6.42. The monoisotopic (exact) mass is 372 g/mol. The highest BCUT2D eigenvalue weighted by atomic mass is 16.5. The molecule has 7 nitrogen and oxygen atoms in total. The average Bonchev–Trinajstić information content (AvgIpc) is 2.71. The first kappa shape index (κ1) is 20.5. The second-order valence-corrected chi connectivity index (χ2v) is 6.13. The van der Waals surface area contributed by atoms with Crippen molar-refractivity contribution in [1.82, 2.24) is 15.3 Å². The lowest BCUT2D eigenvalue weighted by Gasteiger charge is -2.21. The Bertz CT molecular complexity index is 729. The maximum absolute atomic E-state index is 12.4. The van der Waals surface area contributed by atoms with E-state index in [1.165, 1.54) is 0 Å². The minimum Gasteiger partial charge on any atom is -0.493 e. The molecule has 0 fully saturated rings. The highest BCUT2D eigenvalue weighted by Crippen LogP contribution is 2.27. The maximum Gasteiger partial charge on any atom is 0.254 e. The molecule has 1 heterocycles. The topological polar surface area (TPSA) is 76.6 Å². The standard InChI is InChI=1S/C20H28N4O3/c1-5-9-24(10-6-2)20-22-13-16(14-23-20)19(25)21-12-15-7-8-17(26-3)18(11-15)27-4/h7-8,11,13-14H,5-6,9-10,12H2,1-4H3,(H,21,25). The molecule has 1 aromatic heterocycles. The highest BCUT2D eigenvalue weighted by molar-refractivity contribution is 5.93. The molecule has 1 N–H and O–H groups in total. The average molecular weight is 372 g/mol. The Hall–Kier alpha value is -2.83. The lowest BCUT2D eigenvalue weighted by Crippen LogP contribution is -2.28. The Morgan fingerprint density at radius 1 is 1.04 bits per heavy atom. The van der Waals surface area contributed by atoms with E-state index in [2.05, 4.69) is 34.0 Å². The van der Waals surface area contributed by atoms with Gasteiger partial charge in [0.15, 0.2) is 11.5 Å². The Labute approximate surface area is 160 Å². The molecule has 1 amide bonds. The van der Waals surface area contributed by atoms with Gasteiger partial charge in [-0.15, -0.1) is 0 Å². The van der Waals surface area contributed by atoms with Gasteiger partial charge in [0, 0.05) is 32.0 Å². The fourth-order valence-corrected chi connectivity index (χ4v) is 2.73. The van der Waals surface area contributed by atoms with Crippen LogP contribution >= 0.6 is 0 Å². The molecule has 27 heavy (non-hydrogen) atoms. The lowest BCUT2D eigenvalue weighted by atomic mass is 10.2. The SMILES string of the molecule is CCCN(CCC)c1ncc(C(=O)NCc2ccc(OC)c(OC)c2)cn1. The van der Waals surface area contributed by atoms with Gasteiger partial charge in [0.25, 0.3) is 5.91 Å². The van der Waals surface area contributed by atoms with Gasteiger partial charge < -0.3 is 19.7 Å². The number of methoxy groups -OCH3 is 2. The highest BCUT2D eigenvalue weighted by Gasteiger charge is 2.11. The van der Waals surface area contributed by atoms with Crippen LogP contribution in [-0.2, 0) is 6.54 Å². The van der Waals surface area contributed by atoms with Crippen molar-refractivity contribution in [2.45, 2.75) is 33.2 Å². The van der Waals surface area contributed by atoms with Gasteiger partial charge in [0.05, 0.1) is 19.8 Å². The fourth-order valence-electron chi connectivity index (χ4n) is 2.73. The van der Waals surface area contributed by atoms with Gasteiger partial charge in [0.2, 0.25) is 5.95 Å². The van der Waals surface area contributed by atoms with Crippen molar-refractivity contribution in [3.63, 3.8) is 0 Å². The summed E-state index contributed by atoms with van der Waals surface area (Å²) in [6, 6.07) is 5.54. The Morgan fingerprint density at radius 2 is 1.67 bits per heavy atom. The number of anilines is 1. The number of hydrogen-bond donors (Lipinski definition) is 1. The maximum atomic E-state index is 12.4. The van der Waals surface area contributed by atoms with Gasteiger partial charge in [0.1, 0.15) is 0 Å². The predicted octanol–water partition coefficient (Wildman–Crippen LogP) is 3.05. The van der Waals surface area contributed by atoms with Crippen molar-refractivity contribution >= 4 is 11.9 Å². The zero-order chi connectivity index (χ0) is 19.6. The number of benzene rings is 1. The third-order valence-corrected chi connectivity index (χ3v) is 4.07. The molecule has 1 aromatic carbocycles. The van der Waals surface area contributed by atoms with Crippen molar-refractivity contribution < 1.29 is 14.3 Å². The summed E-state index contributed by atoms with van der Waals surface area (Å²) in [5, 5.41) is 2.87. The number of hydrogen-bond acceptors (Lipinski definition) is 6. The van der Waals surface area contributed by atoms with E-state index in [4.69, 9.17) is 9.47 Å². The molecule has 0 aliphatic heterocycles. The van der Waals surface area contributed by atoms with E-state index in [0.29, 0.717) is 29.6 Å². The van der Waals surface area contributed by atoms with Crippen LogP contribution in [0.15, 0.2) is 30.6 Å². The first-order valence-corrected chi connectivity index (χ1v) is 9.19. The van der Waals surface area contributed by atoms with E-state index < -0.39 is 0 Å². The zero-order valence-electron chi connectivity index (χ0n) is 16.5. The third-order valence-electron chi connectivity index (χ3n) is 4.07. The number of amides is 1. The summed E-state index contributed by atoms with van der Waals surface area (Å²) in [5.41, 5.74) is 1.35. The minimum atomic E-state index is -0.214. The van der Waals surface area contributed by atoms with E-state index in [1.54, 1.807) is 26.6 Å². The Morgan fingerprint density at radius 3 is 2.22 bits per heavy atom. The fraction of sp³-hybridized carbons (Fsp3) is 0.450. The molecular weight excluding hydrogens is 344 g/mol. The molecule has 2 aromatic rings. The van der Waals surface area contributed by atoms with Gasteiger partial charge in [-0.3, -0.25) is 4.79 Å². The third kappa shape index (κ3) is 5.57. The lowest BCUT2D eigenvalue weighted by molar-refractivity contribution is 0.0950. The summed E-state index contributed by atoms with van der Waals surface area (Å²) < 4.78 is 10.5. The van der Waals surface area contributed by atoms with E-state index in [-0.39, 0.29) is 5.91 Å². The summed E-state index contributed by atoms with van der Waals surface area (Å²) >= 11 is 0. The molecule has 0 unspecified atom stereocenters. The second kappa shape index (κ2) is 10.4. The summed E-state index contributed by atoms with van der Waals surface area (Å²) in [4.78, 5) is 23.2. The number of nitrogens with one attached hydrogen (secondary N) is 1. The van der Waals surface area contributed by atoms with Crippen LogP contribution in [0, 0.1) is 0 Å². The van der Waals surface area contributed by atoms with Crippen LogP contribution in [0.3, 0.4) is 0 Å². The molecule has 2 rings (SSSR count). The van der Waals surface area contributed by atoms with Crippen molar-refractivity contribution in [3.05, 3.63) is 41.7 Å². The normalized spacial score (nSPS) is 10.4. The zero-order valence-corrected chi connectivity index (χ0v) is 16.5. The van der Waals surface area contributed by atoms with Gasteiger partial charge in [-0.1, -0.05) is 19.9 Å². The molecule has 0 atom stereocenters. The van der Waals surface area contributed by atoms with Crippen LogP contribution in [0.1, 0.15) is 42.6 Å². The molecule has 7 heteroatoms. The van der Waals surface area contributed by atoms with Crippen LogP contribution in [0.2, 0.25) is 0 Å². The van der Waals surface area contributed by atoms with Crippen molar-refractivity contribution in [2.24, 2.45) is 0 Å². The van der Waals surface area contributed by atoms with Gasteiger partial charge in [-0.05, 0) is 30.5 Å². The van der Waals surface area contributed by atoms with Gasteiger partial charge in [-0.2, -0.15) is 0 Å². The summed E-state index contributed by atoms with van der Waals surface area (Å²) in [7, 11) is 3.17. The minimum absolute atomic E-state index is 0.214. The molecule has 0 aliphatic carbocycles. The first-order valence-electron chi connectivity index (χ1n) is 9.19. The predicted molar refractivity (Wildman–Crippen MR) is 106 cm³/mol. The number of aromatic nitrogens is 2. The molecule has 0 spiro atoms. The van der Waals surface area contributed by atoms with Crippen LogP contribution in [-0.4, -0.2) is 43.2 Å². The van der Waals surface area contributed by atoms with Gasteiger partial charge >= 0.3 is 0 Å². The van der Waals surface area contributed by atoms with Crippen molar-refractivity contribution in [3.8, 4) is 11.5 Å². The van der Waals surface area contributed by atoms with E-state index in [0.717, 1.165) is 31.5 Å². The van der Waals surface area contributed by atoms with Crippen LogP contribution in [0.25, 0.3) is 0 Å². The van der Waals surface area contributed by atoms with E-state index >= 15 is 0 Å². The molecule has 0 saturated carbocycles. The number of carbonyl (C=O) groups excluding carboxylic acids is 1. The largest absolute Gasteiger partial charge is 0.493 e. The smallest absolute Gasteiger partial charge is 0.254 e. The molecule has 0 aliphatic rings. The quantitative estimate of drug-likeness (QED) is 0.691. The van der Waals surface area contributed by atoms with Crippen LogP contribution < -0.4 is 19.7 Å². The number of rotatable bonds is 10. The Kier molecular flexibility index (Phi) is 7.85. The summed E-state index contributed by atoms with van der Waals surface area (Å²) in [5.74, 6) is 1.73. The van der Waals surface area contributed by atoms with Crippen molar-refractivity contribution in [1.29, 1.82) is 0 Å². The van der Waals surface area contributed by atoms with Crippen LogP contribution in [0.4, 0.5) is 5.95 Å². The van der Waals surface area contributed by atoms with Crippen LogP contribution in [0.5, 0.6) is 11.5 Å².